The summed E-state index contributed by atoms with van der Waals surface area (Å²) in [4.78, 5) is 8.77. The van der Waals surface area contributed by atoms with Gasteiger partial charge in [0.2, 0.25) is 5.95 Å². The molecular weight excluding hydrogens is 256 g/mol. The number of hydrogen-bond donors (Lipinski definition) is 2. The first kappa shape index (κ1) is 15.8. The fourth-order valence-electron chi connectivity index (χ4n) is 1.84. The first-order valence-corrected chi connectivity index (χ1v) is 7.22. The molecule has 1 aromatic rings. The lowest BCUT2D eigenvalue weighted by Gasteiger charge is -2.24. The Bertz CT molecular complexity index is 418. The van der Waals surface area contributed by atoms with Gasteiger partial charge >= 0.3 is 0 Å². The van der Waals surface area contributed by atoms with Gasteiger partial charge in [0.1, 0.15) is 10.7 Å². The van der Waals surface area contributed by atoms with Gasteiger partial charge in [-0.3, -0.25) is 0 Å². The number of rotatable bonds is 8. The Morgan fingerprint density at radius 3 is 2.79 bits per heavy atom. The van der Waals surface area contributed by atoms with Gasteiger partial charge in [0.15, 0.2) is 0 Å². The molecular formula is C14H24N4S. The zero-order valence-electron chi connectivity index (χ0n) is 12.1. The van der Waals surface area contributed by atoms with Crippen molar-refractivity contribution < 1.29 is 0 Å². The van der Waals surface area contributed by atoms with Crippen LogP contribution in [-0.4, -0.2) is 21.5 Å². The van der Waals surface area contributed by atoms with Crippen molar-refractivity contribution in [3.8, 4) is 0 Å². The van der Waals surface area contributed by atoms with Crippen LogP contribution in [0.4, 0.5) is 5.95 Å². The highest BCUT2D eigenvalue weighted by atomic mass is 32.1. The van der Waals surface area contributed by atoms with Crippen LogP contribution in [0.25, 0.3) is 0 Å². The molecule has 3 N–H and O–H groups in total. The first-order valence-electron chi connectivity index (χ1n) is 6.81. The summed E-state index contributed by atoms with van der Waals surface area (Å²) < 4.78 is 0. The molecule has 1 heterocycles. The third-order valence-electron chi connectivity index (χ3n) is 3.09. The van der Waals surface area contributed by atoms with Gasteiger partial charge in [0, 0.05) is 12.7 Å². The number of anilines is 1. The van der Waals surface area contributed by atoms with Crippen LogP contribution < -0.4 is 11.1 Å². The van der Waals surface area contributed by atoms with Crippen LogP contribution in [0, 0.1) is 5.41 Å². The number of unbranched alkanes of at least 4 members (excludes halogenated alkanes) is 2. The van der Waals surface area contributed by atoms with E-state index in [9.17, 15) is 0 Å². The number of thiocarbonyl (C=S) groups is 1. The first-order chi connectivity index (χ1) is 8.94. The van der Waals surface area contributed by atoms with Gasteiger partial charge < -0.3 is 11.1 Å². The molecule has 0 saturated carbocycles. The highest BCUT2D eigenvalue weighted by molar-refractivity contribution is 7.80. The summed E-state index contributed by atoms with van der Waals surface area (Å²) in [5, 5.41) is 3.27. The Balaban J connectivity index is 2.51. The fraction of sp³-hybridized carbons (Fsp3) is 0.643. The Labute approximate surface area is 121 Å². The monoisotopic (exact) mass is 280 g/mol. The second-order valence-electron chi connectivity index (χ2n) is 5.60. The standard InChI is InChI=1S/C14H24N4S/c1-4-5-6-8-14(2,3)10-17-13-16-9-7-11(18-13)12(15)19/h7,9H,4-6,8,10H2,1-3H3,(H2,15,19)(H,16,17,18). The number of nitrogens with two attached hydrogens (primary N) is 1. The fourth-order valence-corrected chi connectivity index (χ4v) is 1.96. The maximum atomic E-state index is 5.56. The van der Waals surface area contributed by atoms with Crippen LogP contribution in [0.2, 0.25) is 0 Å². The summed E-state index contributed by atoms with van der Waals surface area (Å²) in [7, 11) is 0. The number of aromatic nitrogens is 2. The van der Waals surface area contributed by atoms with Gasteiger partial charge in [-0.05, 0) is 17.9 Å². The summed E-state index contributed by atoms with van der Waals surface area (Å²) in [6.45, 7) is 7.58. The molecule has 106 valence electrons. The van der Waals surface area contributed by atoms with Crippen molar-refractivity contribution in [2.24, 2.45) is 11.1 Å². The molecule has 0 aromatic carbocycles. The Kier molecular flexibility index (Phi) is 6.15. The summed E-state index contributed by atoms with van der Waals surface area (Å²) >= 11 is 4.91. The van der Waals surface area contributed by atoms with Gasteiger partial charge in [0.05, 0.1) is 0 Å². The van der Waals surface area contributed by atoms with Crippen molar-refractivity contribution in [2.45, 2.75) is 46.5 Å². The normalized spacial score (nSPS) is 11.3. The zero-order chi connectivity index (χ0) is 14.3. The van der Waals surface area contributed by atoms with E-state index >= 15 is 0 Å². The average Bonchev–Trinajstić information content (AvgIpc) is 2.37. The predicted molar refractivity (Wildman–Crippen MR) is 84.3 cm³/mol. The second-order valence-corrected chi connectivity index (χ2v) is 6.04. The molecule has 0 bridgehead atoms. The molecule has 1 aromatic heterocycles. The minimum Gasteiger partial charge on any atom is -0.388 e. The van der Waals surface area contributed by atoms with Gasteiger partial charge in [0.25, 0.3) is 0 Å². The summed E-state index contributed by atoms with van der Waals surface area (Å²) in [5.41, 5.74) is 6.40. The molecule has 1 rings (SSSR count). The number of nitrogens with one attached hydrogen (secondary N) is 1. The molecule has 4 nitrogen and oxygen atoms in total. The quantitative estimate of drug-likeness (QED) is 0.566. The molecule has 0 spiro atoms. The number of hydrogen-bond acceptors (Lipinski definition) is 4. The van der Waals surface area contributed by atoms with Gasteiger partial charge in [-0.15, -0.1) is 0 Å². The van der Waals surface area contributed by atoms with E-state index in [1.165, 1.54) is 25.7 Å². The second kappa shape index (κ2) is 7.38. The number of nitrogens with zero attached hydrogens (tertiary/aromatic N) is 2. The van der Waals surface area contributed by atoms with Crippen molar-refractivity contribution in [2.75, 3.05) is 11.9 Å². The van der Waals surface area contributed by atoms with Crippen molar-refractivity contribution >= 4 is 23.2 Å². The summed E-state index contributed by atoms with van der Waals surface area (Å²) in [6.07, 6.45) is 6.68. The molecule has 0 fully saturated rings. The minimum absolute atomic E-state index is 0.234. The van der Waals surface area contributed by atoms with Crippen LogP contribution in [0.3, 0.4) is 0 Å². The zero-order valence-corrected chi connectivity index (χ0v) is 12.9. The Morgan fingerprint density at radius 2 is 2.16 bits per heavy atom. The van der Waals surface area contributed by atoms with E-state index in [1.807, 2.05) is 0 Å². The average molecular weight is 280 g/mol. The molecule has 0 amide bonds. The topological polar surface area (TPSA) is 63.8 Å². The van der Waals surface area contributed by atoms with E-state index in [0.29, 0.717) is 16.6 Å². The van der Waals surface area contributed by atoms with Crippen molar-refractivity contribution in [1.82, 2.24) is 9.97 Å². The van der Waals surface area contributed by atoms with Crippen molar-refractivity contribution in [3.05, 3.63) is 18.0 Å². The highest BCUT2D eigenvalue weighted by Gasteiger charge is 2.17. The van der Waals surface area contributed by atoms with Crippen molar-refractivity contribution in [3.63, 3.8) is 0 Å². The van der Waals surface area contributed by atoms with Crippen molar-refractivity contribution in [1.29, 1.82) is 0 Å². The van der Waals surface area contributed by atoms with E-state index in [2.05, 4.69) is 36.1 Å². The van der Waals surface area contributed by atoms with E-state index in [1.54, 1.807) is 12.3 Å². The van der Waals surface area contributed by atoms with Gasteiger partial charge in [-0.1, -0.05) is 52.3 Å². The molecule has 19 heavy (non-hydrogen) atoms. The van der Waals surface area contributed by atoms with Gasteiger partial charge in [-0.2, -0.15) is 0 Å². The van der Waals surface area contributed by atoms with E-state index in [-0.39, 0.29) is 5.41 Å². The van der Waals surface area contributed by atoms with Crippen LogP contribution in [0.15, 0.2) is 12.3 Å². The van der Waals surface area contributed by atoms with E-state index < -0.39 is 0 Å². The third-order valence-corrected chi connectivity index (χ3v) is 3.30. The largest absolute Gasteiger partial charge is 0.388 e. The maximum Gasteiger partial charge on any atom is 0.223 e. The molecule has 0 atom stereocenters. The maximum absolute atomic E-state index is 5.56. The Morgan fingerprint density at radius 1 is 1.42 bits per heavy atom. The van der Waals surface area contributed by atoms with Gasteiger partial charge in [-0.25, -0.2) is 9.97 Å². The van der Waals surface area contributed by atoms with E-state index in [0.717, 1.165) is 6.54 Å². The molecule has 0 unspecified atom stereocenters. The smallest absolute Gasteiger partial charge is 0.223 e. The third kappa shape index (κ3) is 5.96. The summed E-state index contributed by atoms with van der Waals surface area (Å²) in [5.74, 6) is 0.592. The summed E-state index contributed by atoms with van der Waals surface area (Å²) in [6, 6.07) is 1.72. The van der Waals surface area contributed by atoms with E-state index in [4.69, 9.17) is 18.0 Å². The molecule has 0 saturated heterocycles. The molecule has 0 aliphatic carbocycles. The van der Waals surface area contributed by atoms with Crippen LogP contribution in [0.5, 0.6) is 0 Å². The minimum atomic E-state index is 0.234. The predicted octanol–water partition coefficient (Wildman–Crippen LogP) is 3.13. The molecule has 5 heteroatoms. The molecule has 0 aliphatic heterocycles. The van der Waals surface area contributed by atoms with Crippen LogP contribution in [-0.2, 0) is 0 Å². The van der Waals surface area contributed by atoms with Crippen LogP contribution in [0.1, 0.15) is 52.1 Å². The highest BCUT2D eigenvalue weighted by Crippen LogP contribution is 2.23. The molecule has 0 aliphatic rings. The lowest BCUT2D eigenvalue weighted by Crippen LogP contribution is -2.24. The Hall–Kier alpha value is -1.23. The molecule has 0 radical (unpaired) electrons. The lowest BCUT2D eigenvalue weighted by molar-refractivity contribution is 0.342. The van der Waals surface area contributed by atoms with Crippen LogP contribution >= 0.6 is 12.2 Å². The SMILES string of the molecule is CCCCCC(C)(C)CNc1nccc(C(N)=S)n1. The lowest BCUT2D eigenvalue weighted by atomic mass is 9.87.